The summed E-state index contributed by atoms with van der Waals surface area (Å²) in [4.78, 5) is 2.37. The minimum Gasteiger partial charge on any atom is -0.383 e. The predicted octanol–water partition coefficient (Wildman–Crippen LogP) is 1.87. The van der Waals surface area contributed by atoms with Crippen LogP contribution < -0.4 is 5.73 Å². The molecule has 0 saturated heterocycles. The molecule has 0 amide bonds. The Bertz CT molecular complexity index is 315. The van der Waals surface area contributed by atoms with Gasteiger partial charge in [-0.1, -0.05) is 37.3 Å². The molecule has 1 atom stereocenters. The molecule has 1 rings (SSSR count). The number of hydrogen-bond acceptors (Lipinski definition) is 3. The first-order valence-corrected chi connectivity index (χ1v) is 6.14. The Morgan fingerprint density at radius 1 is 1.29 bits per heavy atom. The summed E-state index contributed by atoms with van der Waals surface area (Å²) in [5, 5.41) is 0. The van der Waals surface area contributed by atoms with Crippen LogP contribution >= 0.6 is 0 Å². The van der Waals surface area contributed by atoms with Gasteiger partial charge in [0.1, 0.15) is 0 Å². The summed E-state index contributed by atoms with van der Waals surface area (Å²) in [5.74, 6) is 0. The van der Waals surface area contributed by atoms with E-state index in [9.17, 15) is 0 Å². The highest BCUT2D eigenvalue weighted by atomic mass is 16.5. The maximum absolute atomic E-state index is 5.90. The van der Waals surface area contributed by atoms with Crippen molar-refractivity contribution >= 4 is 0 Å². The lowest BCUT2D eigenvalue weighted by atomic mass is 10.00. The van der Waals surface area contributed by atoms with Crippen molar-refractivity contribution in [3.05, 3.63) is 35.9 Å². The number of likely N-dealkylation sites (N-methyl/N-ethyl adjacent to an activating group) is 1. The van der Waals surface area contributed by atoms with Crippen molar-refractivity contribution in [1.29, 1.82) is 0 Å². The van der Waals surface area contributed by atoms with E-state index in [1.54, 1.807) is 7.11 Å². The lowest BCUT2D eigenvalue weighted by Crippen LogP contribution is -2.54. The summed E-state index contributed by atoms with van der Waals surface area (Å²) in [6, 6.07) is 10.5. The van der Waals surface area contributed by atoms with Crippen molar-refractivity contribution in [3.8, 4) is 0 Å². The molecule has 0 saturated carbocycles. The Balaban J connectivity index is 2.76. The van der Waals surface area contributed by atoms with Crippen LogP contribution in [-0.2, 0) is 11.3 Å². The van der Waals surface area contributed by atoms with E-state index in [0.717, 1.165) is 13.1 Å². The van der Waals surface area contributed by atoms with Crippen molar-refractivity contribution in [1.82, 2.24) is 4.90 Å². The standard InChI is InChI=1S/C14H24N2O/c1-4-16(14(2,11-15)12-17-3)10-13-8-6-5-7-9-13/h5-9H,4,10-12,15H2,1-3H3. The molecule has 0 spiro atoms. The van der Waals surface area contributed by atoms with Crippen molar-refractivity contribution in [2.75, 3.05) is 26.8 Å². The van der Waals surface area contributed by atoms with Gasteiger partial charge in [-0.15, -0.1) is 0 Å². The Labute approximate surface area is 105 Å². The summed E-state index contributed by atoms with van der Waals surface area (Å²) in [5.41, 5.74) is 7.11. The monoisotopic (exact) mass is 236 g/mol. The quantitative estimate of drug-likeness (QED) is 0.785. The van der Waals surface area contributed by atoms with Crippen LogP contribution in [0.2, 0.25) is 0 Å². The highest BCUT2D eigenvalue weighted by Gasteiger charge is 2.29. The number of ether oxygens (including phenoxy) is 1. The van der Waals surface area contributed by atoms with Gasteiger partial charge in [-0.3, -0.25) is 4.90 Å². The third-order valence-corrected chi connectivity index (χ3v) is 3.26. The van der Waals surface area contributed by atoms with E-state index in [2.05, 4.69) is 43.0 Å². The lowest BCUT2D eigenvalue weighted by molar-refractivity contribution is 0.0249. The number of rotatable bonds is 7. The van der Waals surface area contributed by atoms with E-state index in [1.165, 1.54) is 5.56 Å². The molecular formula is C14H24N2O. The number of methoxy groups -OCH3 is 1. The van der Waals surface area contributed by atoms with Gasteiger partial charge in [0, 0.05) is 20.2 Å². The van der Waals surface area contributed by atoms with Crippen LogP contribution in [0.15, 0.2) is 30.3 Å². The van der Waals surface area contributed by atoms with Gasteiger partial charge in [0.15, 0.2) is 0 Å². The first-order chi connectivity index (χ1) is 8.16. The van der Waals surface area contributed by atoms with Crippen molar-refractivity contribution < 1.29 is 4.74 Å². The molecule has 0 aliphatic heterocycles. The molecule has 1 unspecified atom stereocenters. The van der Waals surface area contributed by atoms with Crippen LogP contribution in [0.3, 0.4) is 0 Å². The number of benzene rings is 1. The minimum absolute atomic E-state index is 0.0979. The molecule has 3 nitrogen and oxygen atoms in total. The van der Waals surface area contributed by atoms with Gasteiger partial charge < -0.3 is 10.5 Å². The van der Waals surface area contributed by atoms with Crippen LogP contribution in [0.25, 0.3) is 0 Å². The summed E-state index contributed by atoms with van der Waals surface area (Å²) in [6.07, 6.45) is 0. The molecule has 0 bridgehead atoms. The maximum Gasteiger partial charge on any atom is 0.0656 e. The summed E-state index contributed by atoms with van der Waals surface area (Å²) in [6.45, 7) is 7.45. The molecule has 96 valence electrons. The third kappa shape index (κ3) is 3.80. The first kappa shape index (κ1) is 14.2. The van der Waals surface area contributed by atoms with Gasteiger partial charge in [-0.25, -0.2) is 0 Å². The molecule has 0 fully saturated rings. The zero-order valence-electron chi connectivity index (χ0n) is 11.1. The zero-order valence-corrected chi connectivity index (χ0v) is 11.1. The van der Waals surface area contributed by atoms with Crippen LogP contribution in [0.1, 0.15) is 19.4 Å². The largest absolute Gasteiger partial charge is 0.383 e. The van der Waals surface area contributed by atoms with E-state index in [4.69, 9.17) is 10.5 Å². The van der Waals surface area contributed by atoms with Gasteiger partial charge in [-0.2, -0.15) is 0 Å². The average Bonchev–Trinajstić information content (AvgIpc) is 2.37. The van der Waals surface area contributed by atoms with Crippen molar-refractivity contribution in [2.24, 2.45) is 5.73 Å². The molecule has 1 aromatic rings. The fourth-order valence-electron chi connectivity index (χ4n) is 2.08. The SMILES string of the molecule is CCN(Cc1ccccc1)C(C)(CN)COC. The first-order valence-electron chi connectivity index (χ1n) is 6.14. The summed E-state index contributed by atoms with van der Waals surface area (Å²) >= 11 is 0. The van der Waals surface area contributed by atoms with Crippen LogP contribution in [-0.4, -0.2) is 37.2 Å². The maximum atomic E-state index is 5.90. The Morgan fingerprint density at radius 2 is 1.94 bits per heavy atom. The smallest absolute Gasteiger partial charge is 0.0656 e. The molecule has 0 heterocycles. The third-order valence-electron chi connectivity index (χ3n) is 3.26. The lowest BCUT2D eigenvalue weighted by Gasteiger charge is -2.39. The second-order valence-corrected chi connectivity index (χ2v) is 4.63. The second-order valence-electron chi connectivity index (χ2n) is 4.63. The fraction of sp³-hybridized carbons (Fsp3) is 0.571. The van der Waals surface area contributed by atoms with Crippen LogP contribution in [0.4, 0.5) is 0 Å². The minimum atomic E-state index is -0.0979. The number of hydrogen-bond donors (Lipinski definition) is 1. The molecule has 0 radical (unpaired) electrons. The normalized spacial score (nSPS) is 14.9. The second kappa shape index (κ2) is 6.74. The fourth-order valence-corrected chi connectivity index (χ4v) is 2.08. The summed E-state index contributed by atoms with van der Waals surface area (Å²) in [7, 11) is 1.73. The Morgan fingerprint density at radius 3 is 2.41 bits per heavy atom. The van der Waals surface area contributed by atoms with Gasteiger partial charge >= 0.3 is 0 Å². The van der Waals surface area contributed by atoms with Gasteiger partial charge in [-0.05, 0) is 19.0 Å². The molecule has 0 aromatic heterocycles. The topological polar surface area (TPSA) is 38.5 Å². The van der Waals surface area contributed by atoms with E-state index in [-0.39, 0.29) is 5.54 Å². The van der Waals surface area contributed by atoms with Gasteiger partial charge in [0.05, 0.1) is 12.1 Å². The average molecular weight is 236 g/mol. The predicted molar refractivity (Wildman–Crippen MR) is 71.9 cm³/mol. The highest BCUT2D eigenvalue weighted by molar-refractivity contribution is 5.15. The van der Waals surface area contributed by atoms with E-state index in [1.807, 2.05) is 6.07 Å². The Hall–Kier alpha value is -0.900. The van der Waals surface area contributed by atoms with Crippen LogP contribution in [0.5, 0.6) is 0 Å². The summed E-state index contributed by atoms with van der Waals surface area (Å²) < 4.78 is 5.30. The molecule has 2 N–H and O–H groups in total. The molecule has 1 aromatic carbocycles. The number of nitrogens with two attached hydrogens (primary N) is 1. The number of nitrogens with zero attached hydrogens (tertiary/aromatic N) is 1. The van der Waals surface area contributed by atoms with Gasteiger partial charge in [0.25, 0.3) is 0 Å². The van der Waals surface area contributed by atoms with E-state index < -0.39 is 0 Å². The molecule has 0 aliphatic carbocycles. The van der Waals surface area contributed by atoms with Crippen LogP contribution in [0, 0.1) is 0 Å². The molecule has 17 heavy (non-hydrogen) atoms. The van der Waals surface area contributed by atoms with Crippen molar-refractivity contribution in [2.45, 2.75) is 25.9 Å². The van der Waals surface area contributed by atoms with Crippen molar-refractivity contribution in [3.63, 3.8) is 0 Å². The van der Waals surface area contributed by atoms with E-state index in [0.29, 0.717) is 13.2 Å². The van der Waals surface area contributed by atoms with E-state index >= 15 is 0 Å². The highest BCUT2D eigenvalue weighted by Crippen LogP contribution is 2.17. The molecule has 3 heteroatoms. The van der Waals surface area contributed by atoms with Gasteiger partial charge in [0.2, 0.25) is 0 Å². The zero-order chi connectivity index (χ0) is 12.7. The Kier molecular flexibility index (Phi) is 5.62. The molecule has 0 aliphatic rings. The molecular weight excluding hydrogens is 212 g/mol.